The van der Waals surface area contributed by atoms with Gasteiger partial charge in [0.25, 0.3) is 0 Å². The second-order valence-electron chi connectivity index (χ2n) is 4.49. The molecule has 0 aliphatic heterocycles. The number of aryl methyl sites for hydroxylation is 1. The van der Waals surface area contributed by atoms with Crippen LogP contribution < -0.4 is 5.32 Å². The molecule has 2 aromatic carbocycles. The largest absolute Gasteiger partial charge is 0.507 e. The van der Waals surface area contributed by atoms with Crippen LogP contribution in [0.15, 0.2) is 34.8 Å². The van der Waals surface area contributed by atoms with E-state index in [0.29, 0.717) is 12.1 Å². The molecule has 0 unspecified atom stereocenters. The van der Waals surface area contributed by atoms with Crippen LogP contribution in [0.25, 0.3) is 0 Å². The fourth-order valence-electron chi connectivity index (χ4n) is 1.90. The summed E-state index contributed by atoms with van der Waals surface area (Å²) in [6, 6.07) is 8.57. The van der Waals surface area contributed by atoms with Crippen molar-refractivity contribution in [1.82, 2.24) is 0 Å². The average Bonchev–Trinajstić information content (AvgIpc) is 2.39. The van der Waals surface area contributed by atoms with Crippen molar-refractivity contribution in [3.8, 4) is 5.75 Å². The molecular weight excluding hydrogens is 309 g/mol. The van der Waals surface area contributed by atoms with Gasteiger partial charge in [-0.15, -0.1) is 0 Å². The van der Waals surface area contributed by atoms with Crippen LogP contribution in [0.1, 0.15) is 16.7 Å². The number of aromatic hydroxyl groups is 1. The van der Waals surface area contributed by atoms with Gasteiger partial charge in [0.2, 0.25) is 0 Å². The normalized spacial score (nSPS) is 10.5. The molecule has 2 aromatic rings. The van der Waals surface area contributed by atoms with E-state index in [1.54, 1.807) is 12.1 Å². The minimum absolute atomic E-state index is 0.246. The molecule has 0 spiro atoms. The minimum Gasteiger partial charge on any atom is -0.507 e. The number of halogens is 2. The minimum atomic E-state index is -0.246. The molecule has 0 bridgehead atoms. The van der Waals surface area contributed by atoms with Crippen LogP contribution in [0.3, 0.4) is 0 Å². The lowest BCUT2D eigenvalue weighted by molar-refractivity contribution is 0.467. The maximum atomic E-state index is 13.6. The van der Waals surface area contributed by atoms with Gasteiger partial charge < -0.3 is 10.4 Å². The Balaban J connectivity index is 2.19. The van der Waals surface area contributed by atoms with Crippen molar-refractivity contribution < 1.29 is 9.50 Å². The van der Waals surface area contributed by atoms with E-state index in [1.807, 2.05) is 26.0 Å². The number of hydrogen-bond donors (Lipinski definition) is 2. The molecule has 0 aromatic heterocycles. The number of phenolic OH excluding ortho intramolecular Hbond substituents is 1. The summed E-state index contributed by atoms with van der Waals surface area (Å²) in [5.41, 5.74) is 2.99. The highest BCUT2D eigenvalue weighted by atomic mass is 79.9. The van der Waals surface area contributed by atoms with E-state index in [0.717, 1.165) is 21.3 Å². The van der Waals surface area contributed by atoms with Gasteiger partial charge >= 0.3 is 0 Å². The zero-order chi connectivity index (χ0) is 14.0. The highest BCUT2D eigenvalue weighted by molar-refractivity contribution is 9.10. The van der Waals surface area contributed by atoms with Crippen molar-refractivity contribution in [3.05, 3.63) is 57.3 Å². The molecule has 0 aliphatic carbocycles. The third kappa shape index (κ3) is 3.07. The number of rotatable bonds is 3. The molecular formula is C15H15BrFNO. The number of anilines is 1. The Labute approximate surface area is 120 Å². The molecule has 0 heterocycles. The van der Waals surface area contributed by atoms with E-state index >= 15 is 0 Å². The smallest absolute Gasteiger partial charge is 0.128 e. The van der Waals surface area contributed by atoms with Crippen molar-refractivity contribution in [2.75, 3.05) is 5.32 Å². The lowest BCUT2D eigenvalue weighted by Crippen LogP contribution is -2.03. The zero-order valence-corrected chi connectivity index (χ0v) is 12.4. The summed E-state index contributed by atoms with van der Waals surface area (Å²) in [5, 5.41) is 13.0. The third-order valence-corrected chi connectivity index (χ3v) is 3.60. The second kappa shape index (κ2) is 5.61. The Kier molecular flexibility index (Phi) is 4.10. The molecule has 4 heteroatoms. The van der Waals surface area contributed by atoms with E-state index in [1.165, 1.54) is 6.07 Å². The van der Waals surface area contributed by atoms with Gasteiger partial charge in [-0.2, -0.15) is 0 Å². The van der Waals surface area contributed by atoms with E-state index in [2.05, 4.69) is 21.2 Å². The van der Waals surface area contributed by atoms with Crippen LogP contribution in [0, 0.1) is 19.7 Å². The topological polar surface area (TPSA) is 32.3 Å². The van der Waals surface area contributed by atoms with Crippen LogP contribution in [0.2, 0.25) is 0 Å². The van der Waals surface area contributed by atoms with Crippen LogP contribution in [-0.4, -0.2) is 5.11 Å². The first-order valence-corrected chi connectivity index (χ1v) is 6.75. The molecule has 0 fully saturated rings. The van der Waals surface area contributed by atoms with Crippen LogP contribution in [0.4, 0.5) is 10.1 Å². The van der Waals surface area contributed by atoms with E-state index in [9.17, 15) is 9.50 Å². The average molecular weight is 324 g/mol. The monoisotopic (exact) mass is 323 g/mol. The first-order valence-electron chi connectivity index (χ1n) is 5.96. The third-order valence-electron chi connectivity index (χ3n) is 3.11. The molecule has 0 radical (unpaired) electrons. The Morgan fingerprint density at radius 1 is 1.21 bits per heavy atom. The van der Waals surface area contributed by atoms with Gasteiger partial charge in [0.1, 0.15) is 11.6 Å². The predicted octanol–water partition coefficient (Wildman–Crippen LogP) is 4.52. The summed E-state index contributed by atoms with van der Waals surface area (Å²) in [4.78, 5) is 0. The maximum Gasteiger partial charge on any atom is 0.128 e. The van der Waals surface area contributed by atoms with E-state index < -0.39 is 0 Å². The highest BCUT2D eigenvalue weighted by Gasteiger charge is 2.07. The summed E-state index contributed by atoms with van der Waals surface area (Å²) in [6.07, 6.45) is 0. The molecule has 0 saturated carbocycles. The van der Waals surface area contributed by atoms with Crippen molar-refractivity contribution >= 4 is 21.6 Å². The fourth-order valence-corrected chi connectivity index (χ4v) is 2.30. The molecule has 0 atom stereocenters. The lowest BCUT2D eigenvalue weighted by Gasteiger charge is -2.13. The van der Waals surface area contributed by atoms with Gasteiger partial charge in [0, 0.05) is 27.8 Å². The van der Waals surface area contributed by atoms with Gasteiger partial charge in [0.05, 0.1) is 0 Å². The van der Waals surface area contributed by atoms with Gasteiger partial charge in [-0.05, 0) is 43.7 Å². The van der Waals surface area contributed by atoms with Crippen LogP contribution in [-0.2, 0) is 6.54 Å². The summed E-state index contributed by atoms with van der Waals surface area (Å²) in [5.74, 6) is 0.0319. The molecule has 0 saturated heterocycles. The summed E-state index contributed by atoms with van der Waals surface area (Å²) < 4.78 is 14.4. The highest BCUT2D eigenvalue weighted by Crippen LogP contribution is 2.28. The summed E-state index contributed by atoms with van der Waals surface area (Å²) in [6.45, 7) is 4.05. The van der Waals surface area contributed by atoms with E-state index in [4.69, 9.17) is 0 Å². The Hall–Kier alpha value is -1.55. The summed E-state index contributed by atoms with van der Waals surface area (Å²) >= 11 is 3.32. The molecule has 2 nitrogen and oxygen atoms in total. The molecule has 100 valence electrons. The first kappa shape index (κ1) is 13.9. The number of benzene rings is 2. The van der Waals surface area contributed by atoms with Crippen molar-refractivity contribution in [2.24, 2.45) is 0 Å². The van der Waals surface area contributed by atoms with Gasteiger partial charge in [0.15, 0.2) is 0 Å². The lowest BCUT2D eigenvalue weighted by atomic mass is 10.1. The number of phenols is 1. The second-order valence-corrected chi connectivity index (χ2v) is 5.41. The first-order chi connectivity index (χ1) is 8.99. The Morgan fingerprint density at radius 2 is 1.95 bits per heavy atom. The predicted molar refractivity (Wildman–Crippen MR) is 79.0 cm³/mol. The van der Waals surface area contributed by atoms with E-state index in [-0.39, 0.29) is 11.6 Å². The molecule has 2 N–H and O–H groups in total. The fraction of sp³-hybridized carbons (Fsp3) is 0.200. The van der Waals surface area contributed by atoms with Gasteiger partial charge in [-0.1, -0.05) is 22.0 Å². The summed E-state index contributed by atoms with van der Waals surface area (Å²) in [7, 11) is 0. The SMILES string of the molecule is Cc1ccc(NCc2cc(Br)ccc2F)c(C)c1O. The Bertz CT molecular complexity index is 613. The van der Waals surface area contributed by atoms with Crippen molar-refractivity contribution in [3.63, 3.8) is 0 Å². The molecule has 19 heavy (non-hydrogen) atoms. The molecule has 0 amide bonds. The van der Waals surface area contributed by atoms with Crippen molar-refractivity contribution in [2.45, 2.75) is 20.4 Å². The van der Waals surface area contributed by atoms with Crippen LogP contribution >= 0.6 is 15.9 Å². The van der Waals surface area contributed by atoms with Gasteiger partial charge in [-0.3, -0.25) is 0 Å². The Morgan fingerprint density at radius 3 is 2.68 bits per heavy atom. The quantitative estimate of drug-likeness (QED) is 0.870. The van der Waals surface area contributed by atoms with Crippen molar-refractivity contribution in [1.29, 1.82) is 0 Å². The maximum absolute atomic E-state index is 13.6. The standard InChI is InChI=1S/C15H15BrFNO/c1-9-3-6-14(10(2)15(9)19)18-8-11-7-12(16)4-5-13(11)17/h3-7,18-19H,8H2,1-2H3. The van der Waals surface area contributed by atoms with Gasteiger partial charge in [-0.25, -0.2) is 4.39 Å². The van der Waals surface area contributed by atoms with Crippen LogP contribution in [0.5, 0.6) is 5.75 Å². The number of nitrogens with one attached hydrogen (secondary N) is 1. The zero-order valence-electron chi connectivity index (χ0n) is 10.8. The molecule has 0 aliphatic rings. The number of hydrogen-bond acceptors (Lipinski definition) is 2. The molecule has 2 rings (SSSR count).